The smallest absolute Gasteiger partial charge is 0.349 e. The highest BCUT2D eigenvalue weighted by molar-refractivity contribution is 5.84. The summed E-state index contributed by atoms with van der Waals surface area (Å²) < 4.78 is 27.6. The van der Waals surface area contributed by atoms with Crippen molar-refractivity contribution in [3.05, 3.63) is 35.9 Å². The Morgan fingerprint density at radius 1 is 1.32 bits per heavy atom. The van der Waals surface area contributed by atoms with Gasteiger partial charge in [0.05, 0.1) is 0 Å². The van der Waals surface area contributed by atoms with Crippen LogP contribution in [0.4, 0.5) is 8.78 Å². The van der Waals surface area contributed by atoms with Gasteiger partial charge in [-0.05, 0) is 7.05 Å². The molecule has 106 valence electrons. The zero-order valence-electron chi connectivity index (χ0n) is 10.9. The van der Waals surface area contributed by atoms with E-state index >= 15 is 0 Å². The van der Waals surface area contributed by atoms with Gasteiger partial charge < -0.3 is 16.0 Å². The first-order valence-electron chi connectivity index (χ1n) is 6.08. The third-order valence-electron chi connectivity index (χ3n) is 2.71. The molecule has 0 aliphatic heterocycles. The van der Waals surface area contributed by atoms with Crippen LogP contribution in [0, 0.1) is 0 Å². The molecule has 0 spiro atoms. The van der Waals surface area contributed by atoms with E-state index in [0.29, 0.717) is 19.6 Å². The molecule has 6 heteroatoms. The van der Waals surface area contributed by atoms with Crippen LogP contribution < -0.4 is 11.1 Å². The Labute approximate surface area is 111 Å². The molecule has 0 aliphatic rings. The minimum absolute atomic E-state index is 0.164. The number of alkyl halides is 2. The van der Waals surface area contributed by atoms with Gasteiger partial charge in [-0.2, -0.15) is 8.78 Å². The predicted molar refractivity (Wildman–Crippen MR) is 69.9 cm³/mol. The lowest BCUT2D eigenvalue weighted by Crippen LogP contribution is -2.42. The van der Waals surface area contributed by atoms with E-state index in [4.69, 9.17) is 5.73 Å². The van der Waals surface area contributed by atoms with E-state index < -0.39 is 11.8 Å². The average Bonchev–Trinajstić information content (AvgIpc) is 2.40. The van der Waals surface area contributed by atoms with Crippen LogP contribution >= 0.6 is 0 Å². The van der Waals surface area contributed by atoms with Crippen molar-refractivity contribution in [1.29, 1.82) is 0 Å². The van der Waals surface area contributed by atoms with Crippen molar-refractivity contribution in [2.45, 2.75) is 5.92 Å². The highest BCUT2D eigenvalue weighted by Gasteiger charge is 2.40. The van der Waals surface area contributed by atoms with E-state index in [2.05, 4.69) is 5.32 Å². The standard InChI is InChI=1S/C13H19F2N3O/c1-18(9-7-16)10-8-17-12(19)13(14,15)11-5-3-2-4-6-11/h2-6H,7-10,16H2,1H3,(H,17,19). The number of likely N-dealkylation sites (N-methyl/N-ethyl adjacent to an activating group) is 1. The summed E-state index contributed by atoms with van der Waals surface area (Å²) in [6.07, 6.45) is 0. The van der Waals surface area contributed by atoms with Gasteiger partial charge in [0.15, 0.2) is 0 Å². The Hall–Kier alpha value is -1.53. The maximum Gasteiger partial charge on any atom is 0.349 e. The summed E-state index contributed by atoms with van der Waals surface area (Å²) in [6, 6.07) is 7.05. The molecule has 3 N–H and O–H groups in total. The second kappa shape index (κ2) is 7.16. The van der Waals surface area contributed by atoms with E-state index in [1.165, 1.54) is 24.3 Å². The van der Waals surface area contributed by atoms with Crippen LogP contribution in [0.5, 0.6) is 0 Å². The fraction of sp³-hybridized carbons (Fsp3) is 0.462. The second-order valence-electron chi connectivity index (χ2n) is 4.29. The molecular formula is C13H19F2N3O. The molecule has 19 heavy (non-hydrogen) atoms. The zero-order valence-corrected chi connectivity index (χ0v) is 10.9. The van der Waals surface area contributed by atoms with Gasteiger partial charge in [-0.25, -0.2) is 0 Å². The van der Waals surface area contributed by atoms with Gasteiger partial charge in [0, 0.05) is 31.7 Å². The Bertz CT molecular complexity index is 398. The molecule has 0 saturated carbocycles. The van der Waals surface area contributed by atoms with E-state index in [0.717, 1.165) is 0 Å². The number of nitrogens with zero attached hydrogens (tertiary/aromatic N) is 1. The maximum atomic E-state index is 13.8. The quantitative estimate of drug-likeness (QED) is 0.770. The molecule has 0 radical (unpaired) electrons. The van der Waals surface area contributed by atoms with Crippen LogP contribution in [0.2, 0.25) is 0 Å². The van der Waals surface area contributed by atoms with E-state index in [1.807, 2.05) is 11.9 Å². The molecule has 0 heterocycles. The summed E-state index contributed by atoms with van der Waals surface area (Å²) in [5.41, 5.74) is 5.05. The number of rotatable bonds is 7. The number of benzene rings is 1. The topological polar surface area (TPSA) is 58.4 Å². The lowest BCUT2D eigenvalue weighted by atomic mass is 10.1. The molecule has 0 fully saturated rings. The van der Waals surface area contributed by atoms with Gasteiger partial charge in [-0.3, -0.25) is 4.79 Å². The monoisotopic (exact) mass is 271 g/mol. The van der Waals surface area contributed by atoms with Crippen LogP contribution in [-0.2, 0) is 10.7 Å². The van der Waals surface area contributed by atoms with Crippen molar-refractivity contribution in [3.63, 3.8) is 0 Å². The number of carbonyl (C=O) groups excluding carboxylic acids is 1. The largest absolute Gasteiger partial charge is 0.349 e. The Balaban J connectivity index is 2.49. The van der Waals surface area contributed by atoms with Crippen molar-refractivity contribution in [3.8, 4) is 0 Å². The molecule has 4 nitrogen and oxygen atoms in total. The highest BCUT2D eigenvalue weighted by Crippen LogP contribution is 2.27. The molecule has 0 saturated heterocycles. The van der Waals surface area contributed by atoms with Crippen LogP contribution in [0.3, 0.4) is 0 Å². The van der Waals surface area contributed by atoms with Gasteiger partial charge in [0.2, 0.25) is 0 Å². The molecule has 1 amide bonds. The summed E-state index contributed by atoms with van der Waals surface area (Å²) in [6.45, 7) is 1.79. The SMILES string of the molecule is CN(CCN)CCNC(=O)C(F)(F)c1ccccc1. The molecule has 0 aromatic heterocycles. The molecule has 1 aromatic carbocycles. The lowest BCUT2D eigenvalue weighted by molar-refractivity contribution is -0.147. The Kier molecular flexibility index (Phi) is 5.85. The van der Waals surface area contributed by atoms with Crippen LogP contribution in [-0.4, -0.2) is 44.0 Å². The number of nitrogens with two attached hydrogens (primary N) is 1. The van der Waals surface area contributed by atoms with Crippen molar-refractivity contribution in [1.82, 2.24) is 10.2 Å². The van der Waals surface area contributed by atoms with E-state index in [1.54, 1.807) is 6.07 Å². The van der Waals surface area contributed by atoms with Crippen molar-refractivity contribution in [2.24, 2.45) is 5.73 Å². The molecule has 0 aliphatic carbocycles. The van der Waals surface area contributed by atoms with Crippen molar-refractivity contribution < 1.29 is 13.6 Å². The van der Waals surface area contributed by atoms with Gasteiger partial charge in [0.25, 0.3) is 5.91 Å². The predicted octanol–water partition coefficient (Wildman–Crippen LogP) is 0.785. The summed E-state index contributed by atoms with van der Waals surface area (Å²) in [5.74, 6) is -4.78. The third kappa shape index (κ3) is 4.57. The zero-order chi connectivity index (χ0) is 14.3. The third-order valence-corrected chi connectivity index (χ3v) is 2.71. The number of amides is 1. The van der Waals surface area contributed by atoms with Crippen LogP contribution in [0.15, 0.2) is 30.3 Å². The summed E-state index contributed by atoms with van der Waals surface area (Å²) in [5, 5.41) is 2.24. The average molecular weight is 271 g/mol. The first kappa shape index (κ1) is 15.5. The first-order valence-corrected chi connectivity index (χ1v) is 6.08. The molecular weight excluding hydrogens is 252 g/mol. The first-order chi connectivity index (χ1) is 8.98. The van der Waals surface area contributed by atoms with E-state index in [-0.39, 0.29) is 12.1 Å². The number of hydrogen-bond acceptors (Lipinski definition) is 3. The molecule has 1 aromatic rings. The number of nitrogens with one attached hydrogen (secondary N) is 1. The summed E-state index contributed by atoms with van der Waals surface area (Å²) in [7, 11) is 1.81. The van der Waals surface area contributed by atoms with Crippen molar-refractivity contribution >= 4 is 5.91 Å². The fourth-order valence-corrected chi connectivity index (χ4v) is 1.58. The highest BCUT2D eigenvalue weighted by atomic mass is 19.3. The number of halogens is 2. The minimum Gasteiger partial charge on any atom is -0.349 e. The Morgan fingerprint density at radius 2 is 1.95 bits per heavy atom. The minimum atomic E-state index is -3.51. The molecule has 1 rings (SSSR count). The second-order valence-corrected chi connectivity index (χ2v) is 4.29. The Morgan fingerprint density at radius 3 is 2.53 bits per heavy atom. The van der Waals surface area contributed by atoms with Gasteiger partial charge >= 0.3 is 5.92 Å². The van der Waals surface area contributed by atoms with Crippen molar-refractivity contribution in [2.75, 3.05) is 33.2 Å². The number of carbonyl (C=O) groups is 1. The number of hydrogen-bond donors (Lipinski definition) is 2. The lowest BCUT2D eigenvalue weighted by Gasteiger charge is -2.19. The summed E-state index contributed by atoms with van der Waals surface area (Å²) >= 11 is 0. The molecule has 0 bridgehead atoms. The normalized spacial score (nSPS) is 11.6. The van der Waals surface area contributed by atoms with Gasteiger partial charge in [-0.15, -0.1) is 0 Å². The van der Waals surface area contributed by atoms with Crippen LogP contribution in [0.1, 0.15) is 5.56 Å². The van der Waals surface area contributed by atoms with Gasteiger partial charge in [0.1, 0.15) is 0 Å². The summed E-state index contributed by atoms with van der Waals surface area (Å²) in [4.78, 5) is 13.4. The van der Waals surface area contributed by atoms with Gasteiger partial charge in [-0.1, -0.05) is 30.3 Å². The molecule has 0 unspecified atom stereocenters. The van der Waals surface area contributed by atoms with E-state index in [9.17, 15) is 13.6 Å². The van der Waals surface area contributed by atoms with Crippen LogP contribution in [0.25, 0.3) is 0 Å². The maximum absolute atomic E-state index is 13.8. The fourth-order valence-electron chi connectivity index (χ4n) is 1.58. The molecule has 0 atom stereocenters.